The first kappa shape index (κ1) is 24.1. The second-order valence-electron chi connectivity index (χ2n) is 7.80. The monoisotopic (exact) mass is 500 g/mol. The highest BCUT2D eigenvalue weighted by molar-refractivity contribution is 6.42. The lowest BCUT2D eigenvalue weighted by Gasteiger charge is -2.24. The van der Waals surface area contributed by atoms with E-state index in [9.17, 15) is 0 Å². The summed E-state index contributed by atoms with van der Waals surface area (Å²) < 4.78 is 11.1. The average molecular weight is 501 g/mol. The molecule has 2 heterocycles. The molecule has 1 fully saturated rings. The lowest BCUT2D eigenvalue weighted by molar-refractivity contribution is 0.142. The second-order valence-corrected chi connectivity index (χ2v) is 8.55. The standard InChI is InChI=1S/C24H26Cl2N6O2/c1-4-20(27)32-7-8-34-13-16(12-32)30-24-29-11-15-9-14(5-6-17(15)31-24)21-22(25)18(28-2)10-19(33-3)23(21)26/h4-6,9-11,16,27-28H,1,7-8,12-13H2,2-3H3,(H,29,30,31). The summed E-state index contributed by atoms with van der Waals surface area (Å²) in [4.78, 5) is 11.1. The van der Waals surface area contributed by atoms with E-state index in [0.717, 1.165) is 22.2 Å². The zero-order valence-corrected chi connectivity index (χ0v) is 20.5. The number of methoxy groups -OCH3 is 1. The van der Waals surface area contributed by atoms with Crippen LogP contribution in [0.1, 0.15) is 0 Å². The number of ether oxygens (including phenoxy) is 2. The summed E-state index contributed by atoms with van der Waals surface area (Å²) in [5.41, 5.74) is 3.00. The molecule has 3 N–H and O–H groups in total. The lowest BCUT2D eigenvalue weighted by Crippen LogP contribution is -2.40. The van der Waals surface area contributed by atoms with Crippen molar-refractivity contribution >= 4 is 51.6 Å². The van der Waals surface area contributed by atoms with Crippen LogP contribution in [0.5, 0.6) is 5.75 Å². The molecule has 0 bridgehead atoms. The van der Waals surface area contributed by atoms with Crippen molar-refractivity contribution in [3.63, 3.8) is 0 Å². The second kappa shape index (κ2) is 10.5. The van der Waals surface area contributed by atoms with Crippen molar-refractivity contribution in [1.29, 1.82) is 5.41 Å². The molecule has 8 nitrogen and oxygen atoms in total. The number of nitrogens with one attached hydrogen (secondary N) is 3. The average Bonchev–Trinajstić information content (AvgIpc) is 3.09. The summed E-state index contributed by atoms with van der Waals surface area (Å²) in [5.74, 6) is 1.40. The normalized spacial score (nSPS) is 16.1. The van der Waals surface area contributed by atoms with Crippen molar-refractivity contribution in [3.05, 3.63) is 53.2 Å². The molecule has 10 heteroatoms. The van der Waals surface area contributed by atoms with Gasteiger partial charge < -0.3 is 25.0 Å². The molecule has 0 spiro atoms. The van der Waals surface area contributed by atoms with Crippen LogP contribution in [0.15, 0.2) is 43.1 Å². The van der Waals surface area contributed by atoms with Gasteiger partial charge in [0.15, 0.2) is 0 Å². The minimum Gasteiger partial charge on any atom is -0.495 e. The Morgan fingerprint density at radius 3 is 2.88 bits per heavy atom. The summed E-state index contributed by atoms with van der Waals surface area (Å²) >= 11 is 13.2. The predicted molar refractivity (Wildman–Crippen MR) is 139 cm³/mol. The predicted octanol–water partition coefficient (Wildman–Crippen LogP) is 4.93. The third-order valence-electron chi connectivity index (χ3n) is 5.66. The van der Waals surface area contributed by atoms with Gasteiger partial charge in [-0.1, -0.05) is 35.8 Å². The number of nitrogens with zero attached hydrogens (tertiary/aromatic N) is 3. The van der Waals surface area contributed by atoms with E-state index in [2.05, 4.69) is 27.2 Å². The summed E-state index contributed by atoms with van der Waals surface area (Å²) in [5, 5.41) is 16.2. The van der Waals surface area contributed by atoms with Gasteiger partial charge in [0, 0.05) is 43.4 Å². The minimum absolute atomic E-state index is 0.0612. The first-order chi connectivity index (χ1) is 16.4. The molecule has 3 aromatic rings. The molecular weight excluding hydrogens is 475 g/mol. The molecule has 0 saturated carbocycles. The zero-order chi connectivity index (χ0) is 24.2. The van der Waals surface area contributed by atoms with Crippen LogP contribution in [-0.4, -0.2) is 67.2 Å². The Balaban J connectivity index is 1.62. The molecule has 1 saturated heterocycles. The van der Waals surface area contributed by atoms with E-state index in [4.69, 9.17) is 38.1 Å². The number of benzene rings is 2. The number of rotatable bonds is 6. The molecule has 34 heavy (non-hydrogen) atoms. The van der Waals surface area contributed by atoms with Crippen LogP contribution in [0.25, 0.3) is 22.0 Å². The van der Waals surface area contributed by atoms with Gasteiger partial charge in [0.1, 0.15) is 11.6 Å². The number of hydrogen-bond donors (Lipinski definition) is 3. The maximum Gasteiger partial charge on any atom is 0.223 e. The van der Waals surface area contributed by atoms with Gasteiger partial charge in [0.25, 0.3) is 0 Å². The third kappa shape index (κ3) is 4.89. The highest BCUT2D eigenvalue weighted by Gasteiger charge is 2.21. The quantitative estimate of drug-likeness (QED) is 0.326. The summed E-state index contributed by atoms with van der Waals surface area (Å²) in [6.45, 7) is 6.00. The SMILES string of the molecule is C=CC(=N)N1CCOCC(Nc2ncc3cc(-c4c(Cl)c(NC)cc(OC)c4Cl)ccc3n2)C1. The Morgan fingerprint density at radius 2 is 2.15 bits per heavy atom. The van der Waals surface area contributed by atoms with E-state index in [0.29, 0.717) is 59.4 Å². The number of halogens is 2. The van der Waals surface area contributed by atoms with Gasteiger partial charge >= 0.3 is 0 Å². The first-order valence-electron chi connectivity index (χ1n) is 10.8. The Kier molecular flexibility index (Phi) is 7.41. The Bertz CT molecular complexity index is 1210. The van der Waals surface area contributed by atoms with Gasteiger partial charge in [-0.2, -0.15) is 0 Å². The van der Waals surface area contributed by atoms with Crippen LogP contribution in [-0.2, 0) is 4.74 Å². The Labute approximate surface area is 208 Å². The topological polar surface area (TPSA) is 95.4 Å². The van der Waals surface area contributed by atoms with Gasteiger partial charge in [0.05, 0.1) is 47.6 Å². The van der Waals surface area contributed by atoms with Gasteiger partial charge in [0.2, 0.25) is 5.95 Å². The van der Waals surface area contributed by atoms with Crippen LogP contribution >= 0.6 is 23.2 Å². The molecule has 0 amide bonds. The molecule has 4 rings (SSSR count). The molecule has 0 radical (unpaired) electrons. The number of fused-ring (bicyclic) bond motifs is 1. The maximum atomic E-state index is 8.04. The minimum atomic E-state index is -0.0612. The summed E-state index contributed by atoms with van der Waals surface area (Å²) in [6, 6.07) is 7.49. The van der Waals surface area contributed by atoms with Gasteiger partial charge in [-0.3, -0.25) is 5.41 Å². The van der Waals surface area contributed by atoms with Crippen LogP contribution in [0.4, 0.5) is 11.6 Å². The molecule has 0 aliphatic carbocycles. The highest BCUT2D eigenvalue weighted by Crippen LogP contribution is 2.45. The summed E-state index contributed by atoms with van der Waals surface area (Å²) in [6.07, 6.45) is 3.29. The maximum absolute atomic E-state index is 8.04. The third-order valence-corrected chi connectivity index (χ3v) is 6.43. The van der Waals surface area contributed by atoms with Gasteiger partial charge in [-0.15, -0.1) is 0 Å². The summed E-state index contributed by atoms with van der Waals surface area (Å²) in [7, 11) is 3.36. The van der Waals surface area contributed by atoms with Gasteiger partial charge in [-0.25, -0.2) is 9.97 Å². The molecular formula is C24H26Cl2N6O2. The number of amidine groups is 1. The number of anilines is 2. The molecule has 1 unspecified atom stereocenters. The van der Waals surface area contributed by atoms with Crippen LogP contribution in [0, 0.1) is 5.41 Å². The van der Waals surface area contributed by atoms with E-state index < -0.39 is 0 Å². The lowest BCUT2D eigenvalue weighted by atomic mass is 10.0. The van der Waals surface area contributed by atoms with E-state index in [1.165, 1.54) is 6.08 Å². The zero-order valence-electron chi connectivity index (χ0n) is 19.0. The Hall–Kier alpha value is -3.07. The molecule has 178 valence electrons. The number of aromatic nitrogens is 2. The first-order valence-corrected chi connectivity index (χ1v) is 11.5. The molecule has 1 aliphatic rings. The van der Waals surface area contributed by atoms with E-state index in [1.54, 1.807) is 26.4 Å². The van der Waals surface area contributed by atoms with E-state index in [1.807, 2.05) is 23.1 Å². The fraction of sp³-hybridized carbons (Fsp3) is 0.292. The fourth-order valence-corrected chi connectivity index (χ4v) is 4.62. The molecule has 1 aliphatic heterocycles. The van der Waals surface area contributed by atoms with Crippen molar-refractivity contribution in [2.24, 2.45) is 0 Å². The molecule has 1 atom stereocenters. The van der Waals surface area contributed by atoms with Crippen molar-refractivity contribution in [2.45, 2.75) is 6.04 Å². The van der Waals surface area contributed by atoms with Crippen molar-refractivity contribution in [2.75, 3.05) is 51.1 Å². The van der Waals surface area contributed by atoms with Crippen LogP contribution in [0.3, 0.4) is 0 Å². The van der Waals surface area contributed by atoms with E-state index >= 15 is 0 Å². The van der Waals surface area contributed by atoms with Crippen LogP contribution < -0.4 is 15.4 Å². The fourth-order valence-electron chi connectivity index (χ4n) is 3.88. The smallest absolute Gasteiger partial charge is 0.223 e. The van der Waals surface area contributed by atoms with Crippen LogP contribution in [0.2, 0.25) is 10.0 Å². The Morgan fingerprint density at radius 1 is 1.32 bits per heavy atom. The highest BCUT2D eigenvalue weighted by atomic mass is 35.5. The van der Waals surface area contributed by atoms with E-state index in [-0.39, 0.29) is 6.04 Å². The number of hydrogen-bond acceptors (Lipinski definition) is 7. The van der Waals surface area contributed by atoms with Crippen molar-refractivity contribution in [3.8, 4) is 16.9 Å². The largest absolute Gasteiger partial charge is 0.495 e. The molecule has 1 aromatic heterocycles. The van der Waals surface area contributed by atoms with Gasteiger partial charge in [-0.05, 0) is 23.8 Å². The van der Waals surface area contributed by atoms with Crippen molar-refractivity contribution < 1.29 is 9.47 Å². The molecule has 2 aromatic carbocycles. The van der Waals surface area contributed by atoms with Crippen molar-refractivity contribution in [1.82, 2.24) is 14.9 Å².